The molecular weight excluding hydrogens is 418 g/mol. The molecule has 0 spiro atoms. The van der Waals surface area contributed by atoms with E-state index in [2.05, 4.69) is 4.98 Å². The number of pyridine rings is 1. The van der Waals surface area contributed by atoms with Gasteiger partial charge in [0.25, 0.3) is 0 Å². The molecule has 1 saturated carbocycles. The lowest BCUT2D eigenvalue weighted by Crippen LogP contribution is -2.46. The van der Waals surface area contributed by atoms with E-state index in [0.29, 0.717) is 19.7 Å². The third-order valence-corrected chi connectivity index (χ3v) is 6.59. The molecule has 1 saturated heterocycles. The minimum atomic E-state index is -0.230. The number of carbonyl (C=O) groups is 2. The zero-order valence-corrected chi connectivity index (χ0v) is 19.3. The highest BCUT2D eigenvalue weighted by molar-refractivity contribution is 5.86. The average Bonchev–Trinajstić information content (AvgIpc) is 3.03. The Morgan fingerprint density at radius 3 is 2.42 bits per heavy atom. The maximum Gasteiger partial charge on any atom is 0.242 e. The van der Waals surface area contributed by atoms with Crippen LogP contribution in [0.4, 0.5) is 0 Å². The molecule has 7 heteroatoms. The van der Waals surface area contributed by atoms with E-state index in [1.165, 1.54) is 6.42 Å². The van der Waals surface area contributed by atoms with E-state index >= 15 is 0 Å². The molecule has 1 aliphatic heterocycles. The fraction of sp³-hybridized carbons (Fsp3) is 0.500. The number of carbonyl (C=O) groups excluding carboxylic acids is 2. The SMILES string of the molecule is COc1ccc(CC(=O)N2CC(=O)N(C3CCCCC3)C[C@H](OCc3ccncc3)C2)cc1. The van der Waals surface area contributed by atoms with Crippen molar-refractivity contribution in [1.82, 2.24) is 14.8 Å². The first-order valence-corrected chi connectivity index (χ1v) is 11.8. The molecular formula is C26H33N3O4. The van der Waals surface area contributed by atoms with Gasteiger partial charge in [-0.2, -0.15) is 0 Å². The largest absolute Gasteiger partial charge is 0.497 e. The Morgan fingerprint density at radius 2 is 1.73 bits per heavy atom. The molecule has 4 rings (SSSR count). The standard InChI is InChI=1S/C26H33N3O4/c1-32-23-9-7-20(8-10-23)15-25(30)28-16-24(33-19-21-11-13-27-14-12-21)17-29(26(31)18-28)22-5-3-2-4-6-22/h7-14,22,24H,2-6,15-19H2,1H3/t24-/m1/s1. The highest BCUT2D eigenvalue weighted by Crippen LogP contribution is 2.25. The summed E-state index contributed by atoms with van der Waals surface area (Å²) < 4.78 is 11.4. The molecule has 0 unspecified atom stereocenters. The van der Waals surface area contributed by atoms with Crippen LogP contribution in [0.1, 0.15) is 43.2 Å². The van der Waals surface area contributed by atoms with Crippen LogP contribution >= 0.6 is 0 Å². The Balaban J connectivity index is 1.47. The van der Waals surface area contributed by atoms with Gasteiger partial charge in [0.05, 0.1) is 32.8 Å². The smallest absolute Gasteiger partial charge is 0.242 e. The molecule has 1 aromatic carbocycles. The predicted octanol–water partition coefficient (Wildman–Crippen LogP) is 3.22. The lowest BCUT2D eigenvalue weighted by atomic mass is 9.94. The summed E-state index contributed by atoms with van der Waals surface area (Å²) in [6.07, 6.45) is 9.10. The Morgan fingerprint density at radius 1 is 1.00 bits per heavy atom. The number of aromatic nitrogens is 1. The Bertz CT molecular complexity index is 913. The molecule has 2 aliphatic rings. The molecule has 2 heterocycles. The van der Waals surface area contributed by atoms with Crippen LogP contribution in [-0.4, -0.2) is 65.5 Å². The number of amides is 2. The summed E-state index contributed by atoms with van der Waals surface area (Å²) in [6.45, 7) is 1.48. The first-order valence-electron chi connectivity index (χ1n) is 11.8. The fourth-order valence-electron chi connectivity index (χ4n) is 4.71. The van der Waals surface area contributed by atoms with Gasteiger partial charge in [0.1, 0.15) is 5.75 Å². The van der Waals surface area contributed by atoms with E-state index in [-0.39, 0.29) is 36.9 Å². The summed E-state index contributed by atoms with van der Waals surface area (Å²) >= 11 is 0. The quantitative estimate of drug-likeness (QED) is 0.646. The normalized spacial score (nSPS) is 19.9. The van der Waals surface area contributed by atoms with Gasteiger partial charge in [-0.05, 0) is 48.2 Å². The molecule has 0 N–H and O–H groups in total. The second-order valence-corrected chi connectivity index (χ2v) is 8.93. The first kappa shape index (κ1) is 23.2. The Hall–Kier alpha value is -2.93. The van der Waals surface area contributed by atoms with E-state index in [1.54, 1.807) is 24.4 Å². The third-order valence-electron chi connectivity index (χ3n) is 6.59. The predicted molar refractivity (Wildman–Crippen MR) is 125 cm³/mol. The monoisotopic (exact) mass is 451 g/mol. The summed E-state index contributed by atoms with van der Waals surface area (Å²) in [5.74, 6) is 0.723. The zero-order chi connectivity index (χ0) is 23.0. The van der Waals surface area contributed by atoms with Crippen LogP contribution < -0.4 is 4.74 Å². The molecule has 2 fully saturated rings. The lowest BCUT2D eigenvalue weighted by molar-refractivity contribution is -0.139. The van der Waals surface area contributed by atoms with Gasteiger partial charge in [0, 0.05) is 31.5 Å². The van der Waals surface area contributed by atoms with E-state index in [4.69, 9.17) is 9.47 Å². The van der Waals surface area contributed by atoms with Crippen molar-refractivity contribution in [1.29, 1.82) is 0 Å². The molecule has 1 aromatic heterocycles. The highest BCUT2D eigenvalue weighted by atomic mass is 16.5. The van der Waals surface area contributed by atoms with Crippen molar-refractivity contribution >= 4 is 11.8 Å². The van der Waals surface area contributed by atoms with Gasteiger partial charge >= 0.3 is 0 Å². The minimum Gasteiger partial charge on any atom is -0.497 e. The van der Waals surface area contributed by atoms with Gasteiger partial charge in [0.2, 0.25) is 11.8 Å². The van der Waals surface area contributed by atoms with Gasteiger partial charge in [-0.15, -0.1) is 0 Å². The maximum absolute atomic E-state index is 13.2. The number of benzene rings is 1. The number of hydrogen-bond acceptors (Lipinski definition) is 5. The number of hydrogen-bond donors (Lipinski definition) is 0. The van der Waals surface area contributed by atoms with Crippen molar-refractivity contribution in [2.24, 2.45) is 0 Å². The lowest BCUT2D eigenvalue weighted by Gasteiger charge is -2.34. The first-order chi connectivity index (χ1) is 16.1. The molecule has 7 nitrogen and oxygen atoms in total. The second-order valence-electron chi connectivity index (χ2n) is 8.93. The molecule has 2 amide bonds. The highest BCUT2D eigenvalue weighted by Gasteiger charge is 2.34. The van der Waals surface area contributed by atoms with Gasteiger partial charge in [0.15, 0.2) is 0 Å². The average molecular weight is 452 g/mol. The molecule has 1 aliphatic carbocycles. The van der Waals surface area contributed by atoms with Gasteiger partial charge in [-0.1, -0.05) is 31.4 Å². The molecule has 1 atom stereocenters. The van der Waals surface area contributed by atoms with Crippen molar-refractivity contribution in [2.45, 2.75) is 57.3 Å². The van der Waals surface area contributed by atoms with Crippen LogP contribution in [0.3, 0.4) is 0 Å². The van der Waals surface area contributed by atoms with Crippen LogP contribution in [0.2, 0.25) is 0 Å². The fourth-order valence-corrected chi connectivity index (χ4v) is 4.71. The Kier molecular flexibility index (Phi) is 7.94. The Labute approximate surface area is 195 Å². The number of rotatable bonds is 7. The summed E-state index contributed by atoms with van der Waals surface area (Å²) in [5, 5.41) is 0. The van der Waals surface area contributed by atoms with Crippen LogP contribution in [-0.2, 0) is 27.4 Å². The third kappa shape index (κ3) is 6.32. The second kappa shape index (κ2) is 11.3. The minimum absolute atomic E-state index is 0.0278. The molecule has 0 bridgehead atoms. The van der Waals surface area contributed by atoms with Crippen LogP contribution in [0, 0.1) is 0 Å². The van der Waals surface area contributed by atoms with Crippen molar-refractivity contribution in [3.05, 3.63) is 59.9 Å². The van der Waals surface area contributed by atoms with Crippen LogP contribution in [0.5, 0.6) is 5.75 Å². The van der Waals surface area contributed by atoms with E-state index in [1.807, 2.05) is 41.3 Å². The van der Waals surface area contributed by atoms with Crippen molar-refractivity contribution in [3.8, 4) is 5.75 Å². The summed E-state index contributed by atoms with van der Waals surface area (Å²) in [5.41, 5.74) is 1.93. The maximum atomic E-state index is 13.2. The summed E-state index contributed by atoms with van der Waals surface area (Å²) in [6, 6.07) is 11.6. The molecule has 33 heavy (non-hydrogen) atoms. The molecule has 0 radical (unpaired) electrons. The van der Waals surface area contributed by atoms with Gasteiger partial charge in [-0.3, -0.25) is 14.6 Å². The van der Waals surface area contributed by atoms with Crippen molar-refractivity contribution in [3.63, 3.8) is 0 Å². The topological polar surface area (TPSA) is 72.0 Å². The van der Waals surface area contributed by atoms with Gasteiger partial charge in [-0.25, -0.2) is 0 Å². The summed E-state index contributed by atoms with van der Waals surface area (Å²) in [7, 11) is 1.62. The summed E-state index contributed by atoms with van der Waals surface area (Å²) in [4.78, 5) is 34.1. The van der Waals surface area contributed by atoms with Crippen LogP contribution in [0.25, 0.3) is 0 Å². The van der Waals surface area contributed by atoms with Gasteiger partial charge < -0.3 is 19.3 Å². The number of methoxy groups -OCH3 is 1. The zero-order valence-electron chi connectivity index (χ0n) is 19.3. The van der Waals surface area contributed by atoms with Crippen molar-refractivity contribution in [2.75, 3.05) is 26.7 Å². The van der Waals surface area contributed by atoms with Crippen LogP contribution in [0.15, 0.2) is 48.8 Å². The molecule has 176 valence electrons. The van der Waals surface area contributed by atoms with Crippen molar-refractivity contribution < 1.29 is 19.1 Å². The van der Waals surface area contributed by atoms with E-state index in [0.717, 1.165) is 42.6 Å². The number of ether oxygens (including phenoxy) is 2. The number of nitrogens with zero attached hydrogens (tertiary/aromatic N) is 3. The van der Waals surface area contributed by atoms with E-state index < -0.39 is 0 Å². The molecule has 2 aromatic rings. The van der Waals surface area contributed by atoms with E-state index in [9.17, 15) is 9.59 Å².